The number of rotatable bonds is 15. The molecular weight excluding hydrogens is 1140 g/mol. The lowest BCUT2D eigenvalue weighted by Crippen LogP contribution is -2.41. The maximum Gasteiger partial charge on any atom is 0.573 e. The molecular formula is C50H49BrCl2F6N8O10. The third-order valence-corrected chi connectivity index (χ3v) is 11.7. The molecule has 0 unspecified atom stereocenters. The zero-order chi connectivity index (χ0) is 56.8. The van der Waals surface area contributed by atoms with Gasteiger partial charge in [-0.25, -0.2) is 9.59 Å². The van der Waals surface area contributed by atoms with Gasteiger partial charge in [-0.1, -0.05) is 75.5 Å². The standard InChI is InChI=1S/C25H24ClF3N4O5.C20H14ClF3N4O4.C5H11BrO/c1-24(2,36)11-12-32-21(34)19-20(31(3)23(32)35)30-22(33(19)14-15-7-9-16(26)10-8-15)37-17-5-4-6-18(13-17)38-25(27,28)29;1-27-16-15(17(29)26-18(27)30)28(10-11-5-7-12(21)8-6-11)19(25-16)31-13-3-2-4-14(9-13)32-20(22,23)24;1-5(2,7)3-4-6/h4-10,13,36H,11-12,14H2,1-3H3;2-9H,10H2,1H3,(H,26,29,30);7H,3-4H2,1-2H3. The lowest BCUT2D eigenvalue weighted by molar-refractivity contribution is -0.275. The van der Waals surface area contributed by atoms with Crippen LogP contribution >= 0.6 is 39.1 Å². The number of aromatic amines is 1. The summed E-state index contributed by atoms with van der Waals surface area (Å²) in [7, 11) is 2.85. The van der Waals surface area contributed by atoms with Gasteiger partial charge in [-0.3, -0.25) is 37.4 Å². The second-order valence-corrected chi connectivity index (χ2v) is 19.9. The molecule has 0 fully saturated rings. The number of nitrogens with one attached hydrogen (secondary N) is 1. The Hall–Kier alpha value is -7.06. The number of imidazole rings is 2. The van der Waals surface area contributed by atoms with Crippen LogP contribution < -0.4 is 41.4 Å². The van der Waals surface area contributed by atoms with Gasteiger partial charge in [0.1, 0.15) is 23.0 Å². The molecule has 0 atom stereocenters. The van der Waals surface area contributed by atoms with E-state index in [0.29, 0.717) is 15.6 Å². The van der Waals surface area contributed by atoms with E-state index in [1.165, 1.54) is 52.1 Å². The molecule has 4 aromatic carbocycles. The van der Waals surface area contributed by atoms with Crippen LogP contribution in [-0.4, -0.2) is 77.3 Å². The van der Waals surface area contributed by atoms with Crippen LogP contribution in [0.25, 0.3) is 22.3 Å². The predicted octanol–water partition coefficient (Wildman–Crippen LogP) is 9.81. The van der Waals surface area contributed by atoms with E-state index in [1.54, 1.807) is 76.2 Å². The molecule has 27 heteroatoms. The van der Waals surface area contributed by atoms with E-state index >= 15 is 0 Å². The Morgan fingerprint density at radius 2 is 1.01 bits per heavy atom. The first-order valence-corrected chi connectivity index (χ1v) is 24.7. The fourth-order valence-electron chi connectivity index (χ4n) is 7.05. The van der Waals surface area contributed by atoms with E-state index in [-0.39, 0.29) is 71.9 Å². The summed E-state index contributed by atoms with van der Waals surface area (Å²) < 4.78 is 101. The van der Waals surface area contributed by atoms with Gasteiger partial charge in [-0.05, 0) is 100 Å². The van der Waals surface area contributed by atoms with Crippen LogP contribution in [0.5, 0.6) is 35.0 Å². The number of nitrogens with zero attached hydrogens (tertiary/aromatic N) is 7. The van der Waals surface area contributed by atoms with Crippen LogP contribution in [0.15, 0.2) is 116 Å². The molecule has 3 N–H and O–H groups in total. The molecule has 412 valence electrons. The molecule has 4 aromatic heterocycles. The first-order valence-electron chi connectivity index (χ1n) is 22.8. The molecule has 8 aromatic rings. The Bertz CT molecular complexity index is 3600. The van der Waals surface area contributed by atoms with Gasteiger partial charge in [0.25, 0.3) is 11.1 Å². The van der Waals surface area contributed by atoms with Gasteiger partial charge in [-0.2, -0.15) is 9.97 Å². The number of halogens is 9. The molecule has 0 radical (unpaired) electrons. The van der Waals surface area contributed by atoms with Crippen molar-refractivity contribution in [3.63, 3.8) is 0 Å². The van der Waals surface area contributed by atoms with Gasteiger partial charge < -0.3 is 29.2 Å². The van der Waals surface area contributed by atoms with Gasteiger partial charge in [0, 0.05) is 48.1 Å². The van der Waals surface area contributed by atoms with Crippen LogP contribution in [0.3, 0.4) is 0 Å². The summed E-state index contributed by atoms with van der Waals surface area (Å²) in [5.74, 6) is -1.04. The quantitative estimate of drug-likeness (QED) is 0.0647. The second-order valence-electron chi connectivity index (χ2n) is 18.2. The van der Waals surface area contributed by atoms with Crippen molar-refractivity contribution in [1.82, 2.24) is 37.8 Å². The zero-order valence-corrected chi connectivity index (χ0v) is 44.8. The molecule has 0 saturated carbocycles. The number of benzene rings is 4. The van der Waals surface area contributed by atoms with E-state index in [2.05, 4.69) is 40.4 Å². The summed E-state index contributed by atoms with van der Waals surface area (Å²) in [4.78, 5) is 61.9. The van der Waals surface area contributed by atoms with Gasteiger partial charge in [-0.15, -0.1) is 26.3 Å². The maximum atomic E-state index is 13.5. The van der Waals surface area contributed by atoms with Crippen LogP contribution in [0.4, 0.5) is 26.3 Å². The predicted molar refractivity (Wildman–Crippen MR) is 278 cm³/mol. The minimum atomic E-state index is -4.90. The van der Waals surface area contributed by atoms with E-state index < -0.39 is 57.9 Å². The minimum absolute atomic E-state index is 0.0131. The van der Waals surface area contributed by atoms with E-state index in [1.807, 2.05) is 0 Å². The molecule has 0 amide bonds. The van der Waals surface area contributed by atoms with E-state index in [9.17, 15) is 50.6 Å². The summed E-state index contributed by atoms with van der Waals surface area (Å²) in [6.45, 7) is 6.86. The number of alkyl halides is 7. The number of aromatic nitrogens is 8. The summed E-state index contributed by atoms with van der Waals surface area (Å²) in [6.07, 6.45) is -8.82. The summed E-state index contributed by atoms with van der Waals surface area (Å²) in [5, 5.41) is 21.0. The van der Waals surface area contributed by atoms with Gasteiger partial charge in [0.2, 0.25) is 0 Å². The van der Waals surface area contributed by atoms with Crippen LogP contribution in [0, 0.1) is 0 Å². The highest BCUT2D eigenvalue weighted by atomic mass is 79.9. The molecule has 0 aliphatic carbocycles. The SMILES string of the molecule is CC(C)(O)CCBr.Cn1c(=O)[nH]c(=O)c2c1nc(Oc1cccc(OC(F)(F)F)c1)n2Cc1ccc(Cl)cc1.Cn1c(=O)n(CCC(C)(C)O)c(=O)c2c1nc(Oc1cccc(OC(F)(F)F)c1)n2Cc1ccc(Cl)cc1. The molecule has 18 nitrogen and oxygen atoms in total. The van der Waals surface area contributed by atoms with E-state index in [4.69, 9.17) is 37.8 Å². The highest BCUT2D eigenvalue weighted by molar-refractivity contribution is 9.09. The van der Waals surface area contributed by atoms with Crippen molar-refractivity contribution in [2.24, 2.45) is 14.1 Å². The Balaban J connectivity index is 0.000000224. The van der Waals surface area contributed by atoms with Crippen molar-refractivity contribution in [2.75, 3.05) is 5.33 Å². The minimum Gasteiger partial charge on any atom is -0.425 e. The van der Waals surface area contributed by atoms with Crippen LogP contribution in [0.2, 0.25) is 10.0 Å². The number of aliphatic hydroxyl groups is 2. The summed E-state index contributed by atoms with van der Waals surface area (Å²) >= 11 is 15.1. The second kappa shape index (κ2) is 24.1. The Morgan fingerprint density at radius 1 is 0.597 bits per heavy atom. The summed E-state index contributed by atoms with van der Waals surface area (Å²) in [5.41, 5.74) is -2.67. The Labute approximate surface area is 451 Å². The fourth-order valence-corrected chi connectivity index (χ4v) is 8.28. The average Bonchev–Trinajstić information content (AvgIpc) is 3.85. The monoisotopic (exact) mass is 1180 g/mol. The highest BCUT2D eigenvalue weighted by Crippen LogP contribution is 2.32. The van der Waals surface area contributed by atoms with Crippen molar-refractivity contribution < 1.29 is 55.5 Å². The topological polar surface area (TPSA) is 212 Å². The van der Waals surface area contributed by atoms with Crippen LogP contribution in [0.1, 0.15) is 51.7 Å². The number of aryl methyl sites for hydroxylation is 2. The number of ether oxygens (including phenoxy) is 4. The number of H-pyrrole nitrogens is 1. The molecule has 0 spiro atoms. The zero-order valence-electron chi connectivity index (χ0n) is 41.7. The first kappa shape index (κ1) is 59.2. The third kappa shape index (κ3) is 16.5. The Kier molecular flexibility index (Phi) is 18.5. The lowest BCUT2D eigenvalue weighted by Gasteiger charge is -2.17. The number of hydrogen-bond donors (Lipinski definition) is 3. The molecule has 4 heterocycles. The Morgan fingerprint density at radius 3 is 1.42 bits per heavy atom. The first-order chi connectivity index (χ1) is 35.9. The van der Waals surface area contributed by atoms with E-state index in [0.717, 1.165) is 50.7 Å². The van der Waals surface area contributed by atoms with Crippen molar-refractivity contribution in [3.05, 3.63) is 160 Å². The van der Waals surface area contributed by atoms with Crippen molar-refractivity contribution in [1.29, 1.82) is 0 Å². The van der Waals surface area contributed by atoms with Crippen molar-refractivity contribution in [3.8, 4) is 35.0 Å². The largest absolute Gasteiger partial charge is 0.573 e. The summed E-state index contributed by atoms with van der Waals surface area (Å²) in [6, 6.07) is 23.0. The molecule has 0 aliphatic rings. The maximum absolute atomic E-state index is 13.5. The van der Waals surface area contributed by atoms with Crippen molar-refractivity contribution >= 4 is 61.5 Å². The molecule has 77 heavy (non-hydrogen) atoms. The van der Waals surface area contributed by atoms with Crippen LogP contribution in [-0.2, 0) is 33.7 Å². The number of fused-ring (bicyclic) bond motifs is 2. The highest BCUT2D eigenvalue weighted by Gasteiger charge is 2.32. The molecule has 0 saturated heterocycles. The molecule has 0 aliphatic heterocycles. The average molecular weight is 1190 g/mol. The molecule has 8 rings (SSSR count). The van der Waals surface area contributed by atoms with Crippen molar-refractivity contribution in [2.45, 2.75) is 84.1 Å². The number of hydrogen-bond acceptors (Lipinski definition) is 12. The van der Waals surface area contributed by atoms with Gasteiger partial charge in [0.05, 0.1) is 24.3 Å². The third-order valence-electron chi connectivity index (χ3n) is 10.8. The fraction of sp³-hybridized carbons (Fsp3) is 0.320. The smallest absolute Gasteiger partial charge is 0.425 e. The normalized spacial score (nSPS) is 12.0. The van der Waals surface area contributed by atoms with Gasteiger partial charge >= 0.3 is 36.1 Å². The lowest BCUT2D eigenvalue weighted by atomic mass is 10.1. The van der Waals surface area contributed by atoms with Gasteiger partial charge in [0.15, 0.2) is 22.3 Å². The molecule has 0 bridgehead atoms.